The zero-order valence-electron chi connectivity index (χ0n) is 7.92. The molecule has 0 aliphatic rings. The van der Waals surface area contributed by atoms with Gasteiger partial charge in [0, 0.05) is 12.6 Å². The lowest BCUT2D eigenvalue weighted by Gasteiger charge is -1.97. The highest BCUT2D eigenvalue weighted by Crippen LogP contribution is 2.19. The molecule has 0 atom stereocenters. The van der Waals surface area contributed by atoms with Crippen LogP contribution in [0.3, 0.4) is 0 Å². The van der Waals surface area contributed by atoms with Crippen molar-refractivity contribution in [2.24, 2.45) is 5.73 Å². The van der Waals surface area contributed by atoms with Crippen LogP contribution in [0.1, 0.15) is 15.9 Å². The predicted molar refractivity (Wildman–Crippen MR) is 56.6 cm³/mol. The van der Waals surface area contributed by atoms with Crippen LogP contribution in [0, 0.1) is 10.1 Å². The van der Waals surface area contributed by atoms with Crippen molar-refractivity contribution in [2.75, 3.05) is 6.54 Å². The van der Waals surface area contributed by atoms with E-state index in [2.05, 4.69) is 0 Å². The molecule has 0 bridgehead atoms. The molecule has 0 saturated carbocycles. The third-order valence-electron chi connectivity index (χ3n) is 1.82. The second-order valence-electron chi connectivity index (χ2n) is 2.83. The van der Waals surface area contributed by atoms with E-state index in [-0.39, 0.29) is 11.3 Å². The first-order chi connectivity index (χ1) is 7.19. The van der Waals surface area contributed by atoms with Gasteiger partial charge in [-0.2, -0.15) is 0 Å². The monoisotopic (exact) mass is 206 g/mol. The van der Waals surface area contributed by atoms with Gasteiger partial charge in [-0.25, -0.2) is 0 Å². The highest BCUT2D eigenvalue weighted by molar-refractivity contribution is 5.82. The van der Waals surface area contributed by atoms with Crippen LogP contribution in [0.4, 0.5) is 5.69 Å². The van der Waals surface area contributed by atoms with Crippen LogP contribution in [0.5, 0.6) is 0 Å². The van der Waals surface area contributed by atoms with Gasteiger partial charge in [0.15, 0.2) is 6.29 Å². The maximum atomic E-state index is 10.6. The van der Waals surface area contributed by atoms with E-state index < -0.39 is 4.92 Å². The summed E-state index contributed by atoms with van der Waals surface area (Å²) in [6.07, 6.45) is 3.82. The van der Waals surface area contributed by atoms with Crippen molar-refractivity contribution in [1.82, 2.24) is 0 Å². The smallest absolute Gasteiger partial charge is 0.280 e. The number of carbonyl (C=O) groups excluding carboxylic acids is 1. The minimum atomic E-state index is -0.580. The Morgan fingerprint density at radius 1 is 1.47 bits per heavy atom. The van der Waals surface area contributed by atoms with E-state index in [9.17, 15) is 14.9 Å². The van der Waals surface area contributed by atoms with Crippen molar-refractivity contribution in [3.8, 4) is 0 Å². The molecule has 0 amide bonds. The normalized spacial score (nSPS) is 10.5. The highest BCUT2D eigenvalue weighted by Gasteiger charge is 2.12. The molecule has 1 rings (SSSR count). The molecule has 78 valence electrons. The number of benzene rings is 1. The van der Waals surface area contributed by atoms with Crippen LogP contribution < -0.4 is 5.73 Å². The van der Waals surface area contributed by atoms with Gasteiger partial charge in [-0.3, -0.25) is 14.9 Å². The SMILES string of the molecule is NCC=Cc1ccc(C=O)c([N+](=O)[O-])c1. The van der Waals surface area contributed by atoms with E-state index in [1.54, 1.807) is 18.2 Å². The van der Waals surface area contributed by atoms with Crippen molar-refractivity contribution < 1.29 is 9.72 Å². The average molecular weight is 206 g/mol. The molecule has 5 heteroatoms. The molecule has 0 unspecified atom stereocenters. The minimum absolute atomic E-state index is 0.0740. The summed E-state index contributed by atoms with van der Waals surface area (Å²) in [6.45, 7) is 0.364. The summed E-state index contributed by atoms with van der Waals surface area (Å²) >= 11 is 0. The lowest BCUT2D eigenvalue weighted by Crippen LogP contribution is -1.95. The van der Waals surface area contributed by atoms with Crippen LogP contribution in [0.15, 0.2) is 24.3 Å². The standard InChI is InChI=1S/C10H10N2O3/c11-5-1-2-8-3-4-9(7-13)10(6-8)12(14)15/h1-4,6-7H,5,11H2. The molecule has 0 aliphatic heterocycles. The Kier molecular flexibility index (Phi) is 3.70. The van der Waals surface area contributed by atoms with Crippen molar-refractivity contribution in [3.63, 3.8) is 0 Å². The molecule has 15 heavy (non-hydrogen) atoms. The number of carbonyl (C=O) groups is 1. The molecule has 2 N–H and O–H groups in total. The van der Waals surface area contributed by atoms with Crippen LogP contribution >= 0.6 is 0 Å². The number of nitrogens with zero attached hydrogens (tertiary/aromatic N) is 1. The molecule has 1 aromatic carbocycles. The third-order valence-corrected chi connectivity index (χ3v) is 1.82. The van der Waals surface area contributed by atoms with E-state index >= 15 is 0 Å². The van der Waals surface area contributed by atoms with Gasteiger partial charge in [-0.15, -0.1) is 0 Å². The second kappa shape index (κ2) is 5.02. The van der Waals surface area contributed by atoms with Crippen LogP contribution in [-0.4, -0.2) is 17.8 Å². The first kappa shape index (κ1) is 11.1. The van der Waals surface area contributed by atoms with Crippen molar-refractivity contribution >= 4 is 18.0 Å². The maximum Gasteiger partial charge on any atom is 0.280 e. The van der Waals surface area contributed by atoms with Crippen molar-refractivity contribution in [3.05, 3.63) is 45.5 Å². The Morgan fingerprint density at radius 3 is 2.73 bits per heavy atom. The number of hydrogen-bond donors (Lipinski definition) is 1. The summed E-state index contributed by atoms with van der Waals surface area (Å²) in [5.41, 5.74) is 5.79. The molecule has 0 aliphatic carbocycles. The predicted octanol–water partition coefficient (Wildman–Crippen LogP) is 1.38. The van der Waals surface area contributed by atoms with Gasteiger partial charge in [-0.05, 0) is 11.6 Å². The van der Waals surface area contributed by atoms with E-state index in [4.69, 9.17) is 5.73 Å². The highest BCUT2D eigenvalue weighted by atomic mass is 16.6. The fourth-order valence-electron chi connectivity index (χ4n) is 1.13. The molecular weight excluding hydrogens is 196 g/mol. The Balaban J connectivity index is 3.15. The summed E-state index contributed by atoms with van der Waals surface area (Å²) in [5, 5.41) is 10.6. The summed E-state index contributed by atoms with van der Waals surface area (Å²) < 4.78 is 0. The van der Waals surface area contributed by atoms with E-state index in [0.29, 0.717) is 18.4 Å². The molecular formula is C10H10N2O3. The summed E-state index contributed by atoms with van der Waals surface area (Å²) in [5.74, 6) is 0. The molecule has 0 spiro atoms. The molecule has 1 aromatic rings. The number of hydrogen-bond acceptors (Lipinski definition) is 4. The summed E-state index contributed by atoms with van der Waals surface area (Å²) in [4.78, 5) is 20.5. The summed E-state index contributed by atoms with van der Waals surface area (Å²) in [7, 11) is 0. The first-order valence-electron chi connectivity index (χ1n) is 4.29. The van der Waals surface area contributed by atoms with E-state index in [0.717, 1.165) is 0 Å². The molecule has 5 nitrogen and oxygen atoms in total. The quantitative estimate of drug-likeness (QED) is 0.458. The molecule has 0 saturated heterocycles. The van der Waals surface area contributed by atoms with Crippen molar-refractivity contribution in [2.45, 2.75) is 0 Å². The Labute approximate surface area is 86.4 Å². The van der Waals surface area contributed by atoms with E-state index in [1.807, 2.05) is 0 Å². The number of nitro benzene ring substituents is 1. The Hall–Kier alpha value is -2.01. The number of nitrogens with two attached hydrogens (primary N) is 1. The maximum absolute atomic E-state index is 10.6. The van der Waals surface area contributed by atoms with Gasteiger partial charge in [-0.1, -0.05) is 18.2 Å². The number of rotatable bonds is 4. The topological polar surface area (TPSA) is 86.2 Å². The fraction of sp³-hybridized carbons (Fsp3) is 0.100. The largest absolute Gasteiger partial charge is 0.327 e. The van der Waals surface area contributed by atoms with Gasteiger partial charge < -0.3 is 5.73 Å². The Morgan fingerprint density at radius 2 is 2.20 bits per heavy atom. The zero-order chi connectivity index (χ0) is 11.3. The van der Waals surface area contributed by atoms with E-state index in [1.165, 1.54) is 12.1 Å². The van der Waals surface area contributed by atoms with Crippen LogP contribution in [0.2, 0.25) is 0 Å². The first-order valence-corrected chi connectivity index (χ1v) is 4.29. The third kappa shape index (κ3) is 2.72. The zero-order valence-corrected chi connectivity index (χ0v) is 7.92. The lowest BCUT2D eigenvalue weighted by molar-refractivity contribution is -0.385. The Bertz CT molecular complexity index is 413. The summed E-state index contributed by atoms with van der Waals surface area (Å²) in [6, 6.07) is 4.39. The van der Waals surface area contributed by atoms with Crippen LogP contribution in [0.25, 0.3) is 6.08 Å². The van der Waals surface area contributed by atoms with Gasteiger partial charge in [0.25, 0.3) is 5.69 Å². The second-order valence-corrected chi connectivity index (χ2v) is 2.83. The van der Waals surface area contributed by atoms with Gasteiger partial charge >= 0.3 is 0 Å². The minimum Gasteiger partial charge on any atom is -0.327 e. The van der Waals surface area contributed by atoms with Crippen molar-refractivity contribution in [1.29, 1.82) is 0 Å². The number of nitro groups is 1. The lowest BCUT2D eigenvalue weighted by atomic mass is 10.1. The molecule has 0 fully saturated rings. The molecule has 0 heterocycles. The van der Waals surface area contributed by atoms with Gasteiger partial charge in [0.05, 0.1) is 10.5 Å². The number of aldehydes is 1. The average Bonchev–Trinajstić information content (AvgIpc) is 2.25. The molecule has 0 aromatic heterocycles. The van der Waals surface area contributed by atoms with Gasteiger partial charge in [0.1, 0.15) is 0 Å². The molecule has 0 radical (unpaired) electrons. The fourth-order valence-corrected chi connectivity index (χ4v) is 1.13. The van der Waals surface area contributed by atoms with Crippen LogP contribution in [-0.2, 0) is 0 Å². The van der Waals surface area contributed by atoms with Gasteiger partial charge in [0.2, 0.25) is 0 Å².